The van der Waals surface area contributed by atoms with Crippen LogP contribution in [0.15, 0.2) is 48.5 Å². The van der Waals surface area contributed by atoms with Gasteiger partial charge in [0.25, 0.3) is 12.3 Å². The van der Waals surface area contributed by atoms with E-state index in [1.165, 1.54) is 30.3 Å². The smallest absolute Gasteiger partial charge is 0.263 e. The maximum absolute atomic E-state index is 14.2. The van der Waals surface area contributed by atoms with Crippen LogP contribution in [-0.2, 0) is 4.79 Å². The highest BCUT2D eigenvalue weighted by Crippen LogP contribution is 2.65. The Morgan fingerprint density at radius 3 is 2.35 bits per heavy atom. The van der Waals surface area contributed by atoms with Gasteiger partial charge in [-0.15, -0.1) is 23.2 Å². The van der Waals surface area contributed by atoms with Crippen LogP contribution in [0.5, 0.6) is 0 Å². The molecule has 0 spiro atoms. The Bertz CT molecular complexity index is 1420. The summed E-state index contributed by atoms with van der Waals surface area (Å²) in [4.78, 5) is 25.7. The summed E-state index contributed by atoms with van der Waals surface area (Å²) in [6.45, 7) is 0. The molecule has 1 aliphatic rings. The average Bonchev–Trinajstić information content (AvgIpc) is 3.42. The van der Waals surface area contributed by atoms with Gasteiger partial charge in [-0.05, 0) is 54.1 Å². The van der Waals surface area contributed by atoms with Crippen LogP contribution in [0, 0.1) is 17.6 Å². The minimum atomic E-state index is -2.79. The third kappa shape index (κ3) is 5.45. The SMILES string of the molecule is Nc1c(F)ccc(NC(=O)c2cc(NC(=O)C3C(c4cc(Cl)cc(C(F)F)c4)C3(Cl)Cl)ccc2Cl)c1F. The molecule has 3 aromatic rings. The predicted molar refractivity (Wildman–Crippen MR) is 136 cm³/mol. The van der Waals surface area contributed by atoms with Crippen LogP contribution in [0.25, 0.3) is 0 Å². The summed E-state index contributed by atoms with van der Waals surface area (Å²) in [7, 11) is 0. The van der Waals surface area contributed by atoms with Crippen molar-refractivity contribution in [2.24, 2.45) is 5.92 Å². The lowest BCUT2D eigenvalue weighted by Crippen LogP contribution is -2.18. The van der Waals surface area contributed by atoms with Crippen molar-refractivity contribution in [3.8, 4) is 0 Å². The molecule has 1 aliphatic carbocycles. The highest BCUT2D eigenvalue weighted by atomic mass is 35.5. The molecule has 0 bridgehead atoms. The molecule has 194 valence electrons. The van der Waals surface area contributed by atoms with Gasteiger partial charge in [-0.3, -0.25) is 9.59 Å². The van der Waals surface area contributed by atoms with E-state index < -0.39 is 51.7 Å². The molecule has 2 atom stereocenters. The Balaban J connectivity index is 1.53. The summed E-state index contributed by atoms with van der Waals surface area (Å²) < 4.78 is 52.4. The number of nitrogens with two attached hydrogens (primary N) is 1. The molecule has 2 amide bonds. The average molecular weight is 595 g/mol. The first-order valence-corrected chi connectivity index (χ1v) is 11.9. The van der Waals surface area contributed by atoms with Gasteiger partial charge in [-0.1, -0.05) is 23.2 Å². The second kappa shape index (κ2) is 10.2. The second-order valence-electron chi connectivity index (χ2n) is 8.21. The van der Waals surface area contributed by atoms with E-state index in [-0.39, 0.29) is 38.1 Å². The van der Waals surface area contributed by atoms with Gasteiger partial charge >= 0.3 is 0 Å². The quantitative estimate of drug-likeness (QED) is 0.156. The lowest BCUT2D eigenvalue weighted by atomic mass is 10.1. The molecule has 2 unspecified atom stereocenters. The number of hydrogen-bond acceptors (Lipinski definition) is 3. The Hall–Kier alpha value is -2.72. The first kappa shape index (κ1) is 27.3. The van der Waals surface area contributed by atoms with E-state index in [9.17, 15) is 27.2 Å². The largest absolute Gasteiger partial charge is 0.394 e. The molecule has 5 nitrogen and oxygen atoms in total. The summed E-state index contributed by atoms with van der Waals surface area (Å²) in [6, 6.07) is 9.47. The molecule has 4 N–H and O–H groups in total. The number of carbonyl (C=O) groups is 2. The zero-order chi connectivity index (χ0) is 27.2. The first-order valence-electron chi connectivity index (χ1n) is 10.4. The molecule has 3 aromatic carbocycles. The number of carbonyl (C=O) groups excluding carboxylic acids is 2. The van der Waals surface area contributed by atoms with Crippen molar-refractivity contribution in [1.82, 2.24) is 0 Å². The van der Waals surface area contributed by atoms with Gasteiger partial charge in [-0.25, -0.2) is 17.6 Å². The highest BCUT2D eigenvalue weighted by Gasteiger charge is 2.67. The number of rotatable bonds is 6. The van der Waals surface area contributed by atoms with Gasteiger partial charge in [0, 0.05) is 22.2 Å². The van der Waals surface area contributed by atoms with Crippen LogP contribution in [0.2, 0.25) is 10.0 Å². The van der Waals surface area contributed by atoms with Crippen molar-refractivity contribution in [3.63, 3.8) is 0 Å². The van der Waals surface area contributed by atoms with Crippen LogP contribution in [0.4, 0.5) is 34.6 Å². The molecule has 1 saturated carbocycles. The van der Waals surface area contributed by atoms with Crippen LogP contribution >= 0.6 is 46.4 Å². The van der Waals surface area contributed by atoms with Crippen molar-refractivity contribution in [3.05, 3.63) is 86.9 Å². The van der Waals surface area contributed by atoms with Crippen LogP contribution in [0.1, 0.15) is 33.8 Å². The van der Waals surface area contributed by atoms with Crippen molar-refractivity contribution >= 4 is 75.3 Å². The van der Waals surface area contributed by atoms with Gasteiger partial charge in [0.05, 0.1) is 22.2 Å². The van der Waals surface area contributed by atoms with Crippen LogP contribution in [0.3, 0.4) is 0 Å². The Morgan fingerprint density at radius 2 is 1.68 bits per heavy atom. The maximum atomic E-state index is 14.2. The van der Waals surface area contributed by atoms with E-state index in [1.54, 1.807) is 0 Å². The summed E-state index contributed by atoms with van der Waals surface area (Å²) >= 11 is 24.7. The molecule has 1 fully saturated rings. The number of hydrogen-bond donors (Lipinski definition) is 3. The predicted octanol–water partition coefficient (Wildman–Crippen LogP) is 7.57. The van der Waals surface area contributed by atoms with E-state index in [4.69, 9.17) is 52.1 Å². The number of amides is 2. The molecule has 0 heterocycles. The summed E-state index contributed by atoms with van der Waals surface area (Å²) in [5, 5.41) is 4.80. The van der Waals surface area contributed by atoms with Crippen molar-refractivity contribution in [2.75, 3.05) is 16.4 Å². The Labute approximate surface area is 227 Å². The van der Waals surface area contributed by atoms with Crippen molar-refractivity contribution < 1.29 is 27.2 Å². The number of nitrogen functional groups attached to an aromatic ring is 1. The number of halogens is 8. The van der Waals surface area contributed by atoms with E-state index >= 15 is 0 Å². The number of alkyl halides is 4. The Morgan fingerprint density at radius 1 is 0.973 bits per heavy atom. The lowest BCUT2D eigenvalue weighted by Gasteiger charge is -2.11. The van der Waals surface area contributed by atoms with Gasteiger partial charge in [0.2, 0.25) is 5.91 Å². The fourth-order valence-corrected chi connectivity index (χ4v) is 5.15. The molecule has 4 rings (SSSR count). The van der Waals surface area contributed by atoms with E-state index in [1.807, 2.05) is 0 Å². The van der Waals surface area contributed by atoms with Gasteiger partial charge in [0.1, 0.15) is 15.8 Å². The fourth-order valence-electron chi connectivity index (χ4n) is 3.86. The zero-order valence-corrected chi connectivity index (χ0v) is 21.3. The molecule has 37 heavy (non-hydrogen) atoms. The van der Waals surface area contributed by atoms with E-state index in [0.29, 0.717) is 0 Å². The summed E-state index contributed by atoms with van der Waals surface area (Å²) in [5.41, 5.74) is 4.06. The zero-order valence-electron chi connectivity index (χ0n) is 18.3. The Kier molecular flexibility index (Phi) is 7.54. The van der Waals surface area contributed by atoms with Crippen LogP contribution in [-0.4, -0.2) is 16.1 Å². The maximum Gasteiger partial charge on any atom is 0.263 e. The fraction of sp³-hybridized carbons (Fsp3) is 0.167. The monoisotopic (exact) mass is 593 g/mol. The molecular formula is C24H15Cl4F4N3O2. The molecule has 13 heteroatoms. The first-order chi connectivity index (χ1) is 17.3. The highest BCUT2D eigenvalue weighted by molar-refractivity contribution is 6.53. The minimum absolute atomic E-state index is 0.0298. The van der Waals surface area contributed by atoms with Crippen LogP contribution < -0.4 is 16.4 Å². The van der Waals surface area contributed by atoms with Gasteiger partial charge < -0.3 is 16.4 Å². The summed E-state index contributed by atoms with van der Waals surface area (Å²) in [6.07, 6.45) is -2.79. The number of benzene rings is 3. The lowest BCUT2D eigenvalue weighted by molar-refractivity contribution is -0.117. The molecule has 0 radical (unpaired) electrons. The standard InChI is InChI=1S/C24H15Cl4F4N3O2/c25-11-6-9(5-10(7-11)21(31)32)17-18(24(17,27)28)23(37)34-12-1-2-14(26)13(8-12)22(36)35-16-4-3-15(29)20(33)19(16)30/h1-8,17-18,21H,33H2,(H,34,37)(H,35,36). The van der Waals surface area contributed by atoms with Crippen molar-refractivity contribution in [2.45, 2.75) is 16.7 Å². The number of nitrogens with one attached hydrogen (secondary N) is 2. The summed E-state index contributed by atoms with van der Waals surface area (Å²) in [5.74, 6) is -5.52. The molecule has 0 aliphatic heterocycles. The van der Waals surface area contributed by atoms with E-state index in [2.05, 4.69) is 10.6 Å². The van der Waals surface area contributed by atoms with Crippen molar-refractivity contribution in [1.29, 1.82) is 0 Å². The van der Waals surface area contributed by atoms with Gasteiger partial charge in [-0.2, -0.15) is 0 Å². The second-order valence-corrected chi connectivity index (χ2v) is 10.5. The van der Waals surface area contributed by atoms with E-state index in [0.717, 1.165) is 18.2 Å². The third-order valence-electron chi connectivity index (χ3n) is 5.74. The molecule has 0 aromatic heterocycles. The third-order valence-corrected chi connectivity index (χ3v) is 7.23. The number of anilines is 3. The molecule has 0 saturated heterocycles. The molecular weight excluding hydrogens is 580 g/mol. The topological polar surface area (TPSA) is 84.2 Å². The normalized spacial score (nSPS) is 18.0. The van der Waals surface area contributed by atoms with Gasteiger partial charge in [0.15, 0.2) is 5.82 Å². The minimum Gasteiger partial charge on any atom is -0.394 e.